The Bertz CT molecular complexity index is 1140. The fraction of sp³-hybridized carbons (Fsp3) is 0.633. The minimum absolute atomic E-state index is 0.00157. The lowest BCUT2D eigenvalue weighted by Gasteiger charge is -2.40. The number of hydrogen-bond donors (Lipinski definition) is 1. The maximum atomic E-state index is 15.2. The van der Waals surface area contributed by atoms with Crippen LogP contribution in [0.1, 0.15) is 90.5 Å². The molecule has 7 nitrogen and oxygen atoms in total. The van der Waals surface area contributed by atoms with E-state index in [2.05, 4.69) is 28.7 Å². The molecule has 38 heavy (non-hydrogen) atoms. The molecule has 3 heterocycles. The number of hydrogen-bond acceptors (Lipinski definition) is 6. The highest BCUT2D eigenvalue weighted by molar-refractivity contribution is 5.86. The number of rotatable bonds is 8. The first-order valence-electron chi connectivity index (χ1n) is 13.8. The molecule has 1 saturated heterocycles. The van der Waals surface area contributed by atoms with Crippen molar-refractivity contribution in [1.29, 1.82) is 0 Å². The van der Waals surface area contributed by atoms with Gasteiger partial charge in [0.05, 0.1) is 17.9 Å². The molecule has 1 atom stereocenters. The highest BCUT2D eigenvalue weighted by Gasteiger charge is 2.36. The van der Waals surface area contributed by atoms with Crippen molar-refractivity contribution in [2.75, 3.05) is 24.6 Å². The summed E-state index contributed by atoms with van der Waals surface area (Å²) in [6.07, 6.45) is 8.57. The van der Waals surface area contributed by atoms with E-state index >= 15 is 4.39 Å². The number of aryl methyl sites for hydroxylation is 1. The minimum Gasteiger partial charge on any atom is -0.479 e. The van der Waals surface area contributed by atoms with Gasteiger partial charge in [0, 0.05) is 47.9 Å². The molecule has 0 spiro atoms. The number of anilines is 1. The van der Waals surface area contributed by atoms with E-state index in [1.165, 1.54) is 18.9 Å². The number of ether oxygens (including phenoxy) is 2. The van der Waals surface area contributed by atoms with Crippen molar-refractivity contribution in [2.24, 2.45) is 11.3 Å². The van der Waals surface area contributed by atoms with Crippen molar-refractivity contribution in [2.45, 2.75) is 91.8 Å². The summed E-state index contributed by atoms with van der Waals surface area (Å²) in [5, 5.41) is 10.3. The molecule has 1 N–H and O–H groups in total. The lowest BCUT2D eigenvalue weighted by molar-refractivity contribution is -0.160. The quantitative estimate of drug-likeness (QED) is 0.407. The third-order valence-corrected chi connectivity index (χ3v) is 7.73. The Morgan fingerprint density at radius 1 is 1.18 bits per heavy atom. The molecule has 4 rings (SSSR count). The summed E-state index contributed by atoms with van der Waals surface area (Å²) >= 11 is 0. The number of aromatic nitrogens is 2. The third-order valence-electron chi connectivity index (χ3n) is 7.73. The van der Waals surface area contributed by atoms with Gasteiger partial charge in [-0.3, -0.25) is 4.98 Å². The molecule has 2 aliphatic rings. The Morgan fingerprint density at radius 2 is 1.84 bits per heavy atom. The maximum Gasteiger partial charge on any atom is 0.337 e. The molecule has 208 valence electrons. The van der Waals surface area contributed by atoms with Gasteiger partial charge in [0.25, 0.3) is 0 Å². The van der Waals surface area contributed by atoms with E-state index in [-0.39, 0.29) is 11.3 Å². The van der Waals surface area contributed by atoms with E-state index in [1.54, 1.807) is 19.3 Å². The number of halogens is 1. The molecule has 8 heteroatoms. The van der Waals surface area contributed by atoms with Crippen molar-refractivity contribution in [3.8, 4) is 17.0 Å². The molecular weight excluding hydrogens is 485 g/mol. The number of carboxylic acids is 1. The number of nitrogens with zero attached hydrogens (tertiary/aromatic N) is 3. The predicted octanol–water partition coefficient (Wildman–Crippen LogP) is 6.73. The molecule has 1 aliphatic carbocycles. The van der Waals surface area contributed by atoms with Crippen molar-refractivity contribution < 1.29 is 23.8 Å². The summed E-state index contributed by atoms with van der Waals surface area (Å²) in [5.74, 6) is -1.17. The molecule has 2 aromatic rings. The Balaban J connectivity index is 1.77. The zero-order chi connectivity index (χ0) is 27.7. The van der Waals surface area contributed by atoms with Crippen LogP contribution in [0.15, 0.2) is 18.5 Å². The highest BCUT2D eigenvalue weighted by Crippen LogP contribution is 2.43. The molecule has 2 fully saturated rings. The van der Waals surface area contributed by atoms with Crippen LogP contribution in [0.5, 0.6) is 5.88 Å². The smallest absolute Gasteiger partial charge is 0.337 e. The Labute approximate surface area is 225 Å². The van der Waals surface area contributed by atoms with Crippen LogP contribution >= 0.6 is 0 Å². The van der Waals surface area contributed by atoms with Gasteiger partial charge in [-0.1, -0.05) is 26.7 Å². The predicted molar refractivity (Wildman–Crippen MR) is 146 cm³/mol. The van der Waals surface area contributed by atoms with Crippen LogP contribution < -0.4 is 9.64 Å². The number of piperidine rings is 1. The largest absolute Gasteiger partial charge is 0.479 e. The van der Waals surface area contributed by atoms with Crippen LogP contribution in [0.4, 0.5) is 10.1 Å². The van der Waals surface area contributed by atoms with Crippen molar-refractivity contribution in [3.05, 3.63) is 35.5 Å². The zero-order valence-electron chi connectivity index (χ0n) is 23.6. The van der Waals surface area contributed by atoms with Gasteiger partial charge in [0.1, 0.15) is 0 Å². The van der Waals surface area contributed by atoms with Crippen LogP contribution in [0, 0.1) is 24.1 Å². The standard InChI is InChI=1S/C30H42FN3O4/c1-19-24(26(28(35)36)38-29(2,3)4)25(34-13-11-30(5,6)12-14-34)22(17-32-19)21-15-23(31)27(33-16-21)37-18-20-9-7-8-10-20/h15-17,20,26H,7-14,18H2,1-6H3,(H,35,36)/t26-/m0/s1. The summed E-state index contributed by atoms with van der Waals surface area (Å²) in [6, 6.07) is 1.42. The van der Waals surface area contributed by atoms with Crippen LogP contribution in [-0.2, 0) is 9.53 Å². The van der Waals surface area contributed by atoms with E-state index in [1.807, 2.05) is 20.8 Å². The molecular formula is C30H42FN3O4. The van der Waals surface area contributed by atoms with Gasteiger partial charge in [-0.15, -0.1) is 0 Å². The Hall–Kier alpha value is -2.74. The average molecular weight is 528 g/mol. The number of pyridine rings is 2. The molecule has 1 saturated carbocycles. The van der Waals surface area contributed by atoms with Crippen LogP contribution in [-0.4, -0.2) is 46.3 Å². The topological polar surface area (TPSA) is 84.8 Å². The second-order valence-electron chi connectivity index (χ2n) is 12.6. The van der Waals surface area contributed by atoms with E-state index in [0.717, 1.165) is 44.5 Å². The molecule has 0 bridgehead atoms. The zero-order valence-corrected chi connectivity index (χ0v) is 23.6. The van der Waals surface area contributed by atoms with Gasteiger partial charge >= 0.3 is 5.97 Å². The fourth-order valence-corrected chi connectivity index (χ4v) is 5.45. The third kappa shape index (κ3) is 6.63. The second kappa shape index (κ2) is 11.2. The minimum atomic E-state index is -1.22. The Kier molecular flexibility index (Phi) is 8.31. The van der Waals surface area contributed by atoms with Crippen LogP contribution in [0.3, 0.4) is 0 Å². The SMILES string of the molecule is Cc1ncc(-c2cnc(OCC3CCCC3)c(F)c2)c(N2CCC(C)(C)CC2)c1[C@H](OC(C)(C)C)C(=O)O. The Morgan fingerprint density at radius 3 is 2.42 bits per heavy atom. The first-order chi connectivity index (χ1) is 17.8. The summed E-state index contributed by atoms with van der Waals surface area (Å²) in [4.78, 5) is 23.6. The maximum absolute atomic E-state index is 15.2. The van der Waals surface area contributed by atoms with Crippen LogP contribution in [0.2, 0.25) is 0 Å². The van der Waals surface area contributed by atoms with Gasteiger partial charge in [-0.2, -0.15) is 0 Å². The lowest BCUT2D eigenvalue weighted by Crippen LogP contribution is -2.39. The molecule has 2 aromatic heterocycles. The summed E-state index contributed by atoms with van der Waals surface area (Å²) < 4.78 is 27.0. The first-order valence-corrected chi connectivity index (χ1v) is 13.8. The van der Waals surface area contributed by atoms with Crippen molar-refractivity contribution >= 4 is 11.7 Å². The summed E-state index contributed by atoms with van der Waals surface area (Å²) in [5.41, 5.74) is 2.48. The van der Waals surface area contributed by atoms with Gasteiger partial charge in [-0.25, -0.2) is 14.2 Å². The van der Waals surface area contributed by atoms with Crippen molar-refractivity contribution in [1.82, 2.24) is 9.97 Å². The fourth-order valence-electron chi connectivity index (χ4n) is 5.45. The van der Waals surface area contributed by atoms with Crippen molar-refractivity contribution in [3.63, 3.8) is 0 Å². The van der Waals surface area contributed by atoms with E-state index in [9.17, 15) is 9.90 Å². The summed E-state index contributed by atoms with van der Waals surface area (Å²) in [7, 11) is 0. The molecule has 1 aliphatic heterocycles. The molecule has 0 radical (unpaired) electrons. The number of aliphatic carboxylic acids is 1. The lowest BCUT2D eigenvalue weighted by atomic mass is 9.82. The first kappa shape index (κ1) is 28.3. The van der Waals surface area contributed by atoms with Crippen LogP contribution in [0.25, 0.3) is 11.1 Å². The van der Waals surface area contributed by atoms with Gasteiger partial charge in [0.2, 0.25) is 5.88 Å². The van der Waals surface area contributed by atoms with E-state index in [4.69, 9.17) is 9.47 Å². The number of carboxylic acid groups (broad SMARTS) is 1. The highest BCUT2D eigenvalue weighted by atomic mass is 19.1. The second-order valence-corrected chi connectivity index (χ2v) is 12.6. The molecule has 0 amide bonds. The van der Waals surface area contributed by atoms with E-state index in [0.29, 0.717) is 34.9 Å². The van der Waals surface area contributed by atoms with Gasteiger partial charge in [-0.05, 0) is 70.8 Å². The van der Waals surface area contributed by atoms with E-state index < -0.39 is 23.5 Å². The monoisotopic (exact) mass is 527 g/mol. The molecule has 0 aromatic carbocycles. The molecule has 0 unspecified atom stereocenters. The van der Waals surface area contributed by atoms with Gasteiger partial charge < -0.3 is 19.5 Å². The average Bonchev–Trinajstić information content (AvgIpc) is 3.35. The summed E-state index contributed by atoms with van der Waals surface area (Å²) in [6.45, 7) is 13.8. The van der Waals surface area contributed by atoms with Gasteiger partial charge in [0.15, 0.2) is 11.9 Å². The normalized spacial score (nSPS) is 19.0. The number of carbonyl (C=O) groups is 1.